The molecule has 0 saturated carbocycles. The summed E-state index contributed by atoms with van der Waals surface area (Å²) in [5.41, 5.74) is 2.73. The van der Waals surface area contributed by atoms with Gasteiger partial charge in [0, 0.05) is 0 Å². The molecule has 0 amide bonds. The summed E-state index contributed by atoms with van der Waals surface area (Å²) in [5.74, 6) is 1.32. The van der Waals surface area contributed by atoms with Crippen LogP contribution in [-0.4, -0.2) is 45.5 Å². The monoisotopic (exact) mass is 302 g/mol. The van der Waals surface area contributed by atoms with Gasteiger partial charge < -0.3 is 0 Å². The van der Waals surface area contributed by atoms with Crippen molar-refractivity contribution >= 4 is 45.5 Å². The van der Waals surface area contributed by atoms with Crippen molar-refractivity contribution in [1.82, 2.24) is 0 Å². The fourth-order valence-electron chi connectivity index (χ4n) is 1.64. The number of hydrogen-bond acceptors (Lipinski definition) is 0. The third kappa shape index (κ3) is 6.81. The molecule has 0 atom stereocenters. The Morgan fingerprint density at radius 1 is 0.824 bits per heavy atom. The molecule has 0 bridgehead atoms. The number of allylic oxidation sites excluding steroid dienone is 8. The van der Waals surface area contributed by atoms with Crippen LogP contribution in [0.4, 0.5) is 0 Å². The normalized spacial score (nSPS) is 16.6. The first-order valence-corrected chi connectivity index (χ1v) is 6.15. The van der Waals surface area contributed by atoms with Gasteiger partial charge in [0.1, 0.15) is 0 Å². The molecule has 0 spiro atoms. The maximum atomic E-state index is 3.26. The van der Waals surface area contributed by atoms with Crippen molar-refractivity contribution in [1.29, 1.82) is 0 Å². The molecule has 0 aromatic carbocycles. The Morgan fingerprint density at radius 3 is 1.29 bits per heavy atom. The molecule has 0 radical (unpaired) electrons. The van der Waals surface area contributed by atoms with E-state index in [9.17, 15) is 0 Å². The molecular formula is C16H22Sr. The topological polar surface area (TPSA) is 0 Å². The standard InChI is InChI=1S/2C8H11.Sr/c2*1-7(2)8-5-3-4-6-8;/h2*3,5,7H,4H2,1-2H3;/q2*-1;+2. The van der Waals surface area contributed by atoms with Crippen LogP contribution in [0.3, 0.4) is 0 Å². The Labute approximate surface area is 144 Å². The van der Waals surface area contributed by atoms with E-state index in [2.05, 4.69) is 64.2 Å². The largest absolute Gasteiger partial charge is 2.00 e. The summed E-state index contributed by atoms with van der Waals surface area (Å²) in [6.45, 7) is 8.77. The van der Waals surface area contributed by atoms with E-state index in [1.165, 1.54) is 11.1 Å². The minimum Gasteiger partial charge on any atom is -0.269 e. The maximum Gasteiger partial charge on any atom is 2.00 e. The first kappa shape index (κ1) is 17.4. The van der Waals surface area contributed by atoms with Gasteiger partial charge in [-0.05, 0) is 0 Å². The van der Waals surface area contributed by atoms with Crippen molar-refractivity contribution < 1.29 is 0 Å². The van der Waals surface area contributed by atoms with Crippen LogP contribution in [0.5, 0.6) is 0 Å². The van der Waals surface area contributed by atoms with E-state index in [4.69, 9.17) is 0 Å². The molecule has 17 heavy (non-hydrogen) atoms. The zero-order valence-electron chi connectivity index (χ0n) is 11.6. The van der Waals surface area contributed by atoms with E-state index in [-0.39, 0.29) is 45.5 Å². The van der Waals surface area contributed by atoms with Crippen LogP contribution in [0.25, 0.3) is 0 Å². The van der Waals surface area contributed by atoms with E-state index in [0.29, 0.717) is 11.8 Å². The zero-order valence-corrected chi connectivity index (χ0v) is 15.1. The van der Waals surface area contributed by atoms with Crippen LogP contribution in [0.15, 0.2) is 35.5 Å². The summed E-state index contributed by atoms with van der Waals surface area (Å²) in [5, 5.41) is 0. The minimum absolute atomic E-state index is 0. The second-order valence-electron chi connectivity index (χ2n) is 4.79. The van der Waals surface area contributed by atoms with Crippen LogP contribution >= 0.6 is 0 Å². The van der Waals surface area contributed by atoms with Gasteiger partial charge in [0.05, 0.1) is 0 Å². The van der Waals surface area contributed by atoms with Gasteiger partial charge >= 0.3 is 45.5 Å². The van der Waals surface area contributed by atoms with Crippen molar-refractivity contribution in [3.05, 3.63) is 47.6 Å². The van der Waals surface area contributed by atoms with Crippen molar-refractivity contribution in [2.45, 2.75) is 40.5 Å². The molecule has 88 valence electrons. The Kier molecular flexibility index (Phi) is 9.62. The van der Waals surface area contributed by atoms with E-state index in [0.717, 1.165) is 12.8 Å². The van der Waals surface area contributed by atoms with E-state index in [1.807, 2.05) is 0 Å². The van der Waals surface area contributed by atoms with Gasteiger partial charge in [0.15, 0.2) is 0 Å². The summed E-state index contributed by atoms with van der Waals surface area (Å²) in [6, 6.07) is 0. The molecular weight excluding hydrogens is 280 g/mol. The second kappa shape index (κ2) is 9.38. The van der Waals surface area contributed by atoms with Gasteiger partial charge in [-0.1, -0.05) is 39.5 Å². The van der Waals surface area contributed by atoms with Gasteiger partial charge in [0.25, 0.3) is 0 Å². The van der Waals surface area contributed by atoms with Crippen LogP contribution in [0.1, 0.15) is 40.5 Å². The molecule has 0 aliphatic heterocycles. The van der Waals surface area contributed by atoms with E-state index < -0.39 is 0 Å². The summed E-state index contributed by atoms with van der Waals surface area (Å²) < 4.78 is 0. The van der Waals surface area contributed by atoms with E-state index >= 15 is 0 Å². The Hall–Kier alpha value is 0.441. The molecule has 0 fully saturated rings. The first-order valence-electron chi connectivity index (χ1n) is 6.15. The molecule has 0 nitrogen and oxygen atoms in total. The molecule has 0 N–H and O–H groups in total. The predicted molar refractivity (Wildman–Crippen MR) is 76.5 cm³/mol. The Balaban J connectivity index is 0.000000284. The number of rotatable bonds is 2. The van der Waals surface area contributed by atoms with Crippen molar-refractivity contribution in [2.24, 2.45) is 11.8 Å². The number of hydrogen-bond donors (Lipinski definition) is 0. The summed E-state index contributed by atoms with van der Waals surface area (Å²) in [7, 11) is 0. The molecule has 0 saturated heterocycles. The average Bonchev–Trinajstić information content (AvgIpc) is 2.93. The third-order valence-corrected chi connectivity index (χ3v) is 2.69. The van der Waals surface area contributed by atoms with Crippen LogP contribution < -0.4 is 0 Å². The molecule has 2 aliphatic rings. The van der Waals surface area contributed by atoms with Crippen molar-refractivity contribution in [3.63, 3.8) is 0 Å². The van der Waals surface area contributed by atoms with Crippen LogP contribution in [-0.2, 0) is 0 Å². The minimum atomic E-state index is 0. The SMILES string of the molecule is CC(C)C1=[C-]CC=C1.CC(C)C1=[C-]CC=C1.[Sr+2]. The molecule has 0 unspecified atom stereocenters. The van der Waals surface area contributed by atoms with Crippen molar-refractivity contribution in [2.75, 3.05) is 0 Å². The molecule has 2 rings (SSSR count). The quantitative estimate of drug-likeness (QED) is 0.527. The summed E-state index contributed by atoms with van der Waals surface area (Å²) in [4.78, 5) is 0. The van der Waals surface area contributed by atoms with Gasteiger partial charge in [-0.3, -0.25) is 12.2 Å². The first-order chi connectivity index (χ1) is 7.61. The van der Waals surface area contributed by atoms with Gasteiger partial charge in [-0.15, -0.1) is 12.8 Å². The van der Waals surface area contributed by atoms with Gasteiger partial charge in [-0.2, -0.15) is 12.2 Å². The van der Waals surface area contributed by atoms with Gasteiger partial charge in [0.2, 0.25) is 0 Å². The molecule has 2 aliphatic carbocycles. The fraction of sp³-hybridized carbons (Fsp3) is 0.500. The van der Waals surface area contributed by atoms with Gasteiger partial charge in [-0.25, -0.2) is 23.3 Å². The fourth-order valence-corrected chi connectivity index (χ4v) is 1.64. The van der Waals surface area contributed by atoms with E-state index in [1.54, 1.807) is 0 Å². The second-order valence-corrected chi connectivity index (χ2v) is 4.79. The van der Waals surface area contributed by atoms with Crippen LogP contribution in [0, 0.1) is 24.0 Å². The molecule has 0 heterocycles. The Morgan fingerprint density at radius 2 is 1.18 bits per heavy atom. The average molecular weight is 302 g/mol. The predicted octanol–water partition coefficient (Wildman–Crippen LogP) is 4.28. The Bertz CT molecular complexity index is 293. The molecule has 1 heteroatoms. The van der Waals surface area contributed by atoms with Crippen molar-refractivity contribution in [3.8, 4) is 0 Å². The summed E-state index contributed by atoms with van der Waals surface area (Å²) in [6.07, 6.45) is 17.2. The smallest absolute Gasteiger partial charge is 0.269 e. The molecule has 0 aromatic heterocycles. The maximum absolute atomic E-state index is 3.26. The zero-order chi connectivity index (χ0) is 12.0. The third-order valence-electron chi connectivity index (χ3n) is 2.69. The summed E-state index contributed by atoms with van der Waals surface area (Å²) >= 11 is 0. The molecule has 0 aromatic rings. The van der Waals surface area contributed by atoms with Crippen LogP contribution in [0.2, 0.25) is 0 Å².